The average Bonchev–Trinajstić information content (AvgIpc) is 3.34. The molecule has 184 valence electrons. The molecule has 8 nitrogen and oxygen atoms in total. The van der Waals surface area contributed by atoms with Crippen LogP contribution < -0.4 is 10.6 Å². The van der Waals surface area contributed by atoms with E-state index in [1.165, 1.54) is 0 Å². The summed E-state index contributed by atoms with van der Waals surface area (Å²) in [7, 11) is 0. The van der Waals surface area contributed by atoms with Crippen molar-refractivity contribution in [2.45, 2.75) is 50.1 Å². The van der Waals surface area contributed by atoms with Gasteiger partial charge in [0.15, 0.2) is 0 Å². The number of hydrogen-bond acceptors (Lipinski definition) is 5. The molecule has 1 saturated carbocycles. The molecule has 2 aromatic rings. The van der Waals surface area contributed by atoms with Gasteiger partial charge in [0.2, 0.25) is 5.91 Å². The van der Waals surface area contributed by atoms with Crippen molar-refractivity contribution in [2.24, 2.45) is 5.41 Å². The molecule has 0 aromatic heterocycles. The number of carboxylic acid groups (broad SMARTS) is 1. The molecule has 2 unspecified atom stereocenters. The minimum absolute atomic E-state index is 0.0582. The lowest BCUT2D eigenvalue weighted by molar-refractivity contribution is -0.142. The van der Waals surface area contributed by atoms with E-state index in [0.29, 0.717) is 12.8 Å². The van der Waals surface area contributed by atoms with Gasteiger partial charge in [-0.1, -0.05) is 48.5 Å². The zero-order valence-electron chi connectivity index (χ0n) is 19.7. The van der Waals surface area contributed by atoms with E-state index < -0.39 is 29.1 Å². The number of rotatable bonds is 7. The van der Waals surface area contributed by atoms with Crippen LogP contribution in [-0.4, -0.2) is 54.5 Å². The number of alkyl carbamates (subject to hydrolysis) is 1. The minimum Gasteiger partial charge on any atom is -0.481 e. The Bertz CT molecular complexity index is 1110. The highest BCUT2D eigenvalue weighted by Crippen LogP contribution is 2.44. The third-order valence-corrected chi connectivity index (χ3v) is 7.79. The predicted octanol–water partition coefficient (Wildman–Crippen LogP) is 3.44. The zero-order chi connectivity index (χ0) is 24.6. The molecular formula is C27H30N2O6. The molecule has 0 spiro atoms. The summed E-state index contributed by atoms with van der Waals surface area (Å²) >= 11 is 0. The molecule has 1 aliphatic heterocycles. The van der Waals surface area contributed by atoms with Crippen molar-refractivity contribution in [3.05, 3.63) is 59.7 Å². The Labute approximate surface area is 204 Å². The Morgan fingerprint density at radius 1 is 1.06 bits per heavy atom. The summed E-state index contributed by atoms with van der Waals surface area (Å²) in [4.78, 5) is 37.3. The second kappa shape index (κ2) is 9.00. The van der Waals surface area contributed by atoms with E-state index >= 15 is 0 Å². The first-order chi connectivity index (χ1) is 16.8. The largest absolute Gasteiger partial charge is 0.481 e. The van der Waals surface area contributed by atoms with Crippen molar-refractivity contribution in [3.8, 4) is 11.1 Å². The van der Waals surface area contributed by atoms with Crippen LogP contribution in [0.15, 0.2) is 48.5 Å². The van der Waals surface area contributed by atoms with Crippen molar-refractivity contribution in [1.29, 1.82) is 0 Å². The number of benzene rings is 2. The van der Waals surface area contributed by atoms with Gasteiger partial charge in [0.1, 0.15) is 6.61 Å². The second-order valence-electron chi connectivity index (χ2n) is 10.1. The number of carbonyl (C=O) groups is 3. The SMILES string of the molecule is CC1(C(=O)NC2(CC(=O)O)CCC2)COCC1NC(=O)OCC1c2ccccc2-c2ccccc21. The maximum absolute atomic E-state index is 13.2. The molecule has 35 heavy (non-hydrogen) atoms. The topological polar surface area (TPSA) is 114 Å². The number of carbonyl (C=O) groups excluding carboxylic acids is 2. The van der Waals surface area contributed by atoms with Crippen LogP contribution in [0.5, 0.6) is 0 Å². The molecule has 2 fully saturated rings. The summed E-state index contributed by atoms with van der Waals surface area (Å²) in [6.45, 7) is 2.23. The van der Waals surface area contributed by atoms with Crippen molar-refractivity contribution < 1.29 is 29.0 Å². The van der Waals surface area contributed by atoms with Gasteiger partial charge in [0, 0.05) is 5.92 Å². The lowest BCUT2D eigenvalue weighted by Gasteiger charge is -2.43. The fourth-order valence-corrected chi connectivity index (χ4v) is 5.50. The molecule has 2 aliphatic carbocycles. The highest BCUT2D eigenvalue weighted by molar-refractivity contribution is 5.86. The first-order valence-electron chi connectivity index (χ1n) is 12.0. The van der Waals surface area contributed by atoms with Crippen LogP contribution >= 0.6 is 0 Å². The lowest BCUT2D eigenvalue weighted by atomic mass is 9.73. The maximum Gasteiger partial charge on any atom is 0.407 e. The van der Waals surface area contributed by atoms with Crippen molar-refractivity contribution in [2.75, 3.05) is 19.8 Å². The monoisotopic (exact) mass is 478 g/mol. The van der Waals surface area contributed by atoms with E-state index in [1.54, 1.807) is 6.92 Å². The summed E-state index contributed by atoms with van der Waals surface area (Å²) in [6.07, 6.45) is 1.42. The van der Waals surface area contributed by atoms with Crippen LogP contribution in [0.2, 0.25) is 0 Å². The molecule has 2 aromatic carbocycles. The van der Waals surface area contributed by atoms with Crippen molar-refractivity contribution in [1.82, 2.24) is 10.6 Å². The predicted molar refractivity (Wildman–Crippen MR) is 128 cm³/mol. The van der Waals surface area contributed by atoms with Gasteiger partial charge in [-0.15, -0.1) is 0 Å². The molecular weight excluding hydrogens is 448 g/mol. The Morgan fingerprint density at radius 2 is 1.69 bits per heavy atom. The van der Waals surface area contributed by atoms with Gasteiger partial charge in [0.05, 0.1) is 36.6 Å². The third-order valence-electron chi connectivity index (χ3n) is 7.79. The number of nitrogens with one attached hydrogen (secondary N) is 2. The summed E-state index contributed by atoms with van der Waals surface area (Å²) < 4.78 is 11.2. The van der Waals surface area contributed by atoms with Crippen LogP contribution in [0, 0.1) is 5.41 Å². The average molecular weight is 479 g/mol. The minimum atomic E-state index is -1.02. The molecule has 2 amide bonds. The van der Waals surface area contributed by atoms with Crippen molar-refractivity contribution >= 4 is 18.0 Å². The van der Waals surface area contributed by atoms with Crippen LogP contribution in [-0.2, 0) is 19.1 Å². The normalized spacial score (nSPS) is 24.1. The van der Waals surface area contributed by atoms with Crippen LogP contribution in [0.25, 0.3) is 11.1 Å². The standard InChI is InChI=1S/C27H30N2O6/c1-26(24(32)29-27(11-6-12-27)13-23(30)31)16-34-15-22(26)28-25(33)35-14-21-19-9-4-2-7-17(19)18-8-3-5-10-20(18)21/h2-5,7-10,21-22H,6,11-16H2,1H3,(H,28,33)(H,29,32)(H,30,31). The van der Waals surface area contributed by atoms with Crippen molar-refractivity contribution in [3.63, 3.8) is 0 Å². The molecule has 8 heteroatoms. The van der Waals surface area contributed by atoms with Gasteiger partial charge < -0.3 is 25.2 Å². The van der Waals surface area contributed by atoms with Gasteiger partial charge in [0.25, 0.3) is 0 Å². The number of amides is 2. The van der Waals surface area contributed by atoms with E-state index in [2.05, 4.69) is 34.9 Å². The number of fused-ring (bicyclic) bond motifs is 3. The first kappa shape index (κ1) is 23.4. The number of hydrogen-bond donors (Lipinski definition) is 3. The zero-order valence-corrected chi connectivity index (χ0v) is 19.7. The molecule has 0 bridgehead atoms. The summed E-state index contributed by atoms with van der Waals surface area (Å²) in [5.41, 5.74) is 2.81. The first-order valence-corrected chi connectivity index (χ1v) is 12.0. The molecule has 0 radical (unpaired) electrons. The van der Waals surface area contributed by atoms with E-state index in [4.69, 9.17) is 9.47 Å². The molecule has 1 heterocycles. The highest BCUT2D eigenvalue weighted by Gasteiger charge is 2.51. The number of aliphatic carboxylic acids is 1. The Balaban J connectivity index is 1.23. The molecule has 3 N–H and O–H groups in total. The smallest absolute Gasteiger partial charge is 0.407 e. The summed E-state index contributed by atoms with van der Waals surface area (Å²) in [6, 6.07) is 15.7. The van der Waals surface area contributed by atoms with Gasteiger partial charge in [-0.3, -0.25) is 9.59 Å². The lowest BCUT2D eigenvalue weighted by Crippen LogP contribution is -2.61. The second-order valence-corrected chi connectivity index (χ2v) is 10.1. The Kier molecular flexibility index (Phi) is 6.01. The van der Waals surface area contributed by atoms with E-state index in [1.807, 2.05) is 24.3 Å². The molecule has 5 rings (SSSR count). The van der Waals surface area contributed by atoms with E-state index in [-0.39, 0.29) is 38.1 Å². The van der Waals surface area contributed by atoms with Gasteiger partial charge >= 0.3 is 12.1 Å². The quantitative estimate of drug-likeness (QED) is 0.562. The van der Waals surface area contributed by atoms with Crippen LogP contribution in [0.4, 0.5) is 4.79 Å². The Morgan fingerprint density at radius 3 is 2.26 bits per heavy atom. The van der Waals surface area contributed by atoms with Crippen LogP contribution in [0.1, 0.15) is 49.7 Å². The number of carboxylic acids is 1. The number of ether oxygens (including phenoxy) is 2. The third kappa shape index (κ3) is 4.27. The van der Waals surface area contributed by atoms with E-state index in [9.17, 15) is 19.5 Å². The Hall–Kier alpha value is -3.39. The molecule has 1 saturated heterocycles. The van der Waals surface area contributed by atoms with E-state index in [0.717, 1.165) is 28.7 Å². The van der Waals surface area contributed by atoms with Gasteiger partial charge in [-0.25, -0.2) is 4.79 Å². The summed E-state index contributed by atoms with van der Waals surface area (Å²) in [5, 5.41) is 15.0. The molecule has 3 aliphatic rings. The highest BCUT2D eigenvalue weighted by atomic mass is 16.5. The summed E-state index contributed by atoms with van der Waals surface area (Å²) in [5.74, 6) is -1.30. The fourth-order valence-electron chi connectivity index (χ4n) is 5.50. The van der Waals surface area contributed by atoms with Gasteiger partial charge in [-0.2, -0.15) is 0 Å². The fraction of sp³-hybridized carbons (Fsp3) is 0.444. The molecule has 2 atom stereocenters. The van der Waals surface area contributed by atoms with Crippen LogP contribution in [0.3, 0.4) is 0 Å². The van der Waals surface area contributed by atoms with Gasteiger partial charge in [-0.05, 0) is 48.4 Å². The maximum atomic E-state index is 13.2.